The van der Waals surface area contributed by atoms with Crippen LogP contribution in [0.2, 0.25) is 0 Å². The van der Waals surface area contributed by atoms with E-state index in [1.807, 2.05) is 54.6 Å². The number of rotatable bonds is 9. The molecule has 4 rings (SSSR count). The first-order valence-electron chi connectivity index (χ1n) is 12.6. The van der Waals surface area contributed by atoms with Crippen molar-refractivity contribution in [1.29, 1.82) is 0 Å². The van der Waals surface area contributed by atoms with Crippen molar-refractivity contribution in [2.45, 2.75) is 32.0 Å². The molecular weight excluding hydrogens is 496 g/mol. The SMILES string of the molecule is COc1ccc(C(=O)CCC(=O)N[C@@H](C)C(=O)N[C@H]2N=C(c3ccccc3)c3ccccc3N(C)C2=O)cc1. The lowest BCUT2D eigenvalue weighted by molar-refractivity contribution is -0.130. The predicted molar refractivity (Wildman–Crippen MR) is 148 cm³/mol. The van der Waals surface area contributed by atoms with E-state index in [1.54, 1.807) is 31.3 Å². The van der Waals surface area contributed by atoms with Crippen molar-refractivity contribution >= 4 is 34.9 Å². The van der Waals surface area contributed by atoms with Crippen LogP contribution in [-0.4, -0.2) is 55.6 Å². The fourth-order valence-corrected chi connectivity index (χ4v) is 4.23. The normalized spacial score (nSPS) is 15.4. The molecule has 0 unspecified atom stereocenters. The highest BCUT2D eigenvalue weighted by Crippen LogP contribution is 2.27. The lowest BCUT2D eigenvalue weighted by Crippen LogP contribution is -2.52. The summed E-state index contributed by atoms with van der Waals surface area (Å²) in [5.74, 6) is -1.00. The second-order valence-electron chi connectivity index (χ2n) is 9.11. The second-order valence-corrected chi connectivity index (χ2v) is 9.11. The Morgan fingerprint density at radius 2 is 1.62 bits per heavy atom. The maximum absolute atomic E-state index is 13.3. The van der Waals surface area contributed by atoms with Crippen LogP contribution < -0.4 is 20.3 Å². The van der Waals surface area contributed by atoms with Crippen molar-refractivity contribution in [1.82, 2.24) is 10.6 Å². The van der Waals surface area contributed by atoms with E-state index >= 15 is 0 Å². The average Bonchev–Trinajstić information content (AvgIpc) is 3.07. The first kappa shape index (κ1) is 27.3. The third-order valence-electron chi connectivity index (χ3n) is 6.43. The zero-order valence-electron chi connectivity index (χ0n) is 22.0. The van der Waals surface area contributed by atoms with Crippen molar-refractivity contribution in [3.8, 4) is 5.75 Å². The molecule has 1 heterocycles. The van der Waals surface area contributed by atoms with Gasteiger partial charge >= 0.3 is 0 Å². The third-order valence-corrected chi connectivity index (χ3v) is 6.43. The molecule has 3 aromatic rings. The molecule has 0 radical (unpaired) electrons. The monoisotopic (exact) mass is 526 g/mol. The van der Waals surface area contributed by atoms with E-state index in [9.17, 15) is 19.2 Å². The number of likely N-dealkylation sites (N-methyl/N-ethyl adjacent to an activating group) is 1. The van der Waals surface area contributed by atoms with Gasteiger partial charge in [-0.3, -0.25) is 19.2 Å². The number of ether oxygens (including phenoxy) is 1. The van der Waals surface area contributed by atoms with Crippen LogP contribution in [0.25, 0.3) is 0 Å². The summed E-state index contributed by atoms with van der Waals surface area (Å²) in [6.45, 7) is 1.51. The summed E-state index contributed by atoms with van der Waals surface area (Å²) in [5, 5.41) is 5.27. The van der Waals surface area contributed by atoms with Crippen molar-refractivity contribution in [2.24, 2.45) is 4.99 Å². The summed E-state index contributed by atoms with van der Waals surface area (Å²) in [6, 6.07) is 22.5. The van der Waals surface area contributed by atoms with Crippen LogP contribution in [0.5, 0.6) is 5.75 Å². The van der Waals surface area contributed by atoms with E-state index in [-0.39, 0.29) is 18.6 Å². The smallest absolute Gasteiger partial charge is 0.272 e. The van der Waals surface area contributed by atoms with Crippen LogP contribution in [0.15, 0.2) is 83.9 Å². The quantitative estimate of drug-likeness (QED) is 0.416. The Bertz CT molecular complexity index is 1400. The van der Waals surface area contributed by atoms with Gasteiger partial charge in [-0.05, 0) is 37.3 Å². The molecule has 0 bridgehead atoms. The van der Waals surface area contributed by atoms with Gasteiger partial charge in [-0.1, -0.05) is 48.5 Å². The number of hydrogen-bond acceptors (Lipinski definition) is 6. The van der Waals surface area contributed by atoms with Gasteiger partial charge in [0, 0.05) is 36.6 Å². The summed E-state index contributed by atoms with van der Waals surface area (Å²) in [5.41, 5.74) is 3.28. The largest absolute Gasteiger partial charge is 0.497 e. The zero-order valence-corrected chi connectivity index (χ0v) is 22.0. The van der Waals surface area contributed by atoms with Crippen LogP contribution in [0.1, 0.15) is 41.3 Å². The molecular formula is C30H30N4O5. The number of para-hydroxylation sites is 1. The van der Waals surface area contributed by atoms with E-state index in [2.05, 4.69) is 15.6 Å². The van der Waals surface area contributed by atoms with Gasteiger partial charge < -0.3 is 20.3 Å². The van der Waals surface area contributed by atoms with E-state index < -0.39 is 29.9 Å². The molecule has 0 saturated carbocycles. The molecule has 0 aliphatic carbocycles. The number of hydrogen-bond donors (Lipinski definition) is 2. The number of amides is 3. The van der Waals surface area contributed by atoms with Gasteiger partial charge in [-0.15, -0.1) is 0 Å². The summed E-state index contributed by atoms with van der Waals surface area (Å²) in [7, 11) is 3.17. The number of nitrogens with zero attached hydrogens (tertiary/aromatic N) is 2. The highest BCUT2D eigenvalue weighted by molar-refractivity contribution is 6.20. The zero-order chi connectivity index (χ0) is 27.9. The lowest BCUT2D eigenvalue weighted by Gasteiger charge is -2.22. The van der Waals surface area contributed by atoms with Gasteiger partial charge in [-0.2, -0.15) is 0 Å². The standard InChI is InChI=1S/C30H30N4O5/c1-19(31-26(36)18-17-25(35)20-13-15-22(39-3)16-14-20)29(37)33-28-30(38)34(2)24-12-8-7-11-23(24)27(32-28)21-9-5-4-6-10-21/h4-16,19,28H,17-18H2,1-3H3,(H,31,36)(H,33,37)/t19-,28+/m0/s1. The number of Topliss-reactive ketones (excluding diaryl/α,β-unsaturated/α-hetero) is 1. The van der Waals surface area contributed by atoms with E-state index in [0.29, 0.717) is 22.7 Å². The van der Waals surface area contributed by atoms with Gasteiger partial charge in [0.15, 0.2) is 5.78 Å². The molecule has 9 nitrogen and oxygen atoms in total. The van der Waals surface area contributed by atoms with Crippen LogP contribution in [0.4, 0.5) is 5.69 Å². The molecule has 9 heteroatoms. The van der Waals surface area contributed by atoms with Crippen LogP contribution >= 0.6 is 0 Å². The molecule has 200 valence electrons. The molecule has 0 saturated heterocycles. The maximum Gasteiger partial charge on any atom is 0.272 e. The van der Waals surface area contributed by atoms with E-state index in [0.717, 1.165) is 11.1 Å². The molecule has 2 atom stereocenters. The first-order valence-corrected chi connectivity index (χ1v) is 12.6. The number of ketones is 1. The van der Waals surface area contributed by atoms with Gasteiger partial charge in [0.05, 0.1) is 18.5 Å². The minimum Gasteiger partial charge on any atom is -0.497 e. The van der Waals surface area contributed by atoms with Crippen molar-refractivity contribution in [2.75, 3.05) is 19.1 Å². The maximum atomic E-state index is 13.3. The van der Waals surface area contributed by atoms with Gasteiger partial charge in [-0.25, -0.2) is 4.99 Å². The minimum absolute atomic E-state index is 0.0125. The molecule has 1 aliphatic rings. The number of aliphatic imine (C=N–C) groups is 1. The third kappa shape index (κ3) is 6.38. The van der Waals surface area contributed by atoms with E-state index in [4.69, 9.17) is 4.74 Å². The van der Waals surface area contributed by atoms with Crippen LogP contribution in [-0.2, 0) is 14.4 Å². The fraction of sp³-hybridized carbons (Fsp3) is 0.233. The molecule has 3 amide bonds. The lowest BCUT2D eigenvalue weighted by atomic mass is 10.0. The topological polar surface area (TPSA) is 117 Å². The highest BCUT2D eigenvalue weighted by Gasteiger charge is 2.32. The number of benzodiazepines with no additional fused rings is 1. The van der Waals surface area contributed by atoms with Crippen molar-refractivity contribution < 1.29 is 23.9 Å². The molecule has 0 spiro atoms. The first-order chi connectivity index (χ1) is 18.8. The minimum atomic E-state index is -1.19. The van der Waals surface area contributed by atoms with Crippen LogP contribution in [0, 0.1) is 0 Å². The number of methoxy groups -OCH3 is 1. The number of anilines is 1. The number of carbonyl (C=O) groups excluding carboxylic acids is 4. The fourth-order valence-electron chi connectivity index (χ4n) is 4.23. The molecule has 0 fully saturated rings. The second kappa shape index (κ2) is 12.2. The molecule has 2 N–H and O–H groups in total. The number of nitrogens with one attached hydrogen (secondary N) is 2. The van der Waals surface area contributed by atoms with Crippen LogP contribution in [0.3, 0.4) is 0 Å². The molecule has 0 aromatic heterocycles. The summed E-state index contributed by atoms with van der Waals surface area (Å²) >= 11 is 0. The highest BCUT2D eigenvalue weighted by atomic mass is 16.5. The Hall–Kier alpha value is -4.79. The Morgan fingerprint density at radius 1 is 0.949 bits per heavy atom. The molecule has 3 aromatic carbocycles. The molecule has 39 heavy (non-hydrogen) atoms. The summed E-state index contributed by atoms with van der Waals surface area (Å²) in [6.07, 6.45) is -1.29. The van der Waals surface area contributed by atoms with Gasteiger partial charge in [0.1, 0.15) is 11.8 Å². The Balaban J connectivity index is 1.42. The van der Waals surface area contributed by atoms with Gasteiger partial charge in [0.25, 0.3) is 5.91 Å². The predicted octanol–water partition coefficient (Wildman–Crippen LogP) is 3.12. The Labute approximate surface area is 226 Å². The van der Waals surface area contributed by atoms with Crippen molar-refractivity contribution in [3.63, 3.8) is 0 Å². The Morgan fingerprint density at radius 3 is 2.31 bits per heavy atom. The summed E-state index contributed by atoms with van der Waals surface area (Å²) in [4.78, 5) is 57.3. The van der Waals surface area contributed by atoms with E-state index in [1.165, 1.54) is 18.9 Å². The average molecular weight is 527 g/mol. The number of benzene rings is 3. The Kier molecular flexibility index (Phi) is 8.50. The summed E-state index contributed by atoms with van der Waals surface area (Å²) < 4.78 is 5.09. The van der Waals surface area contributed by atoms with Gasteiger partial charge in [0.2, 0.25) is 18.0 Å². The van der Waals surface area contributed by atoms with Crippen molar-refractivity contribution in [3.05, 3.63) is 95.6 Å². The number of fused-ring (bicyclic) bond motifs is 1. The molecule has 1 aliphatic heterocycles. The number of carbonyl (C=O) groups is 4.